The fourth-order valence-corrected chi connectivity index (χ4v) is 9.52. The molecule has 5 heteroatoms. The van der Waals surface area contributed by atoms with Crippen molar-refractivity contribution in [3.63, 3.8) is 0 Å². The van der Waals surface area contributed by atoms with Crippen LogP contribution in [0.25, 0.3) is 78.9 Å². The van der Waals surface area contributed by atoms with E-state index in [9.17, 15) is 0 Å². The van der Waals surface area contributed by atoms with E-state index in [1.54, 1.807) is 0 Å². The molecule has 62 heavy (non-hydrogen) atoms. The highest BCUT2D eigenvalue weighted by Crippen LogP contribution is 2.62. The largest absolute Gasteiger partial charge is 0.457 e. The first-order valence-corrected chi connectivity index (χ1v) is 20.9. The Morgan fingerprint density at radius 2 is 0.790 bits per heavy atom. The topological polar surface area (TPSA) is 60.8 Å². The smallest absolute Gasteiger partial charge is 0.164 e. The number of nitrogens with zero attached hydrogens (tertiary/aromatic N) is 4. The molecule has 0 atom stereocenters. The lowest BCUT2D eigenvalue weighted by atomic mass is 9.66. The van der Waals surface area contributed by atoms with E-state index in [-0.39, 0.29) is 0 Å². The zero-order chi connectivity index (χ0) is 41.0. The molecule has 0 radical (unpaired) electrons. The first-order chi connectivity index (χ1) is 30.7. The Labute approximate surface area is 359 Å². The van der Waals surface area contributed by atoms with Crippen molar-refractivity contribution < 1.29 is 4.74 Å². The third kappa shape index (κ3) is 5.63. The van der Waals surface area contributed by atoms with Crippen molar-refractivity contribution in [3.8, 4) is 90.4 Å². The summed E-state index contributed by atoms with van der Waals surface area (Å²) in [4.78, 5) is 21.1. The van der Waals surface area contributed by atoms with Crippen molar-refractivity contribution in [2.75, 3.05) is 0 Å². The minimum atomic E-state index is -0.561. The maximum Gasteiger partial charge on any atom is 0.164 e. The summed E-state index contributed by atoms with van der Waals surface area (Å²) in [6.45, 7) is 0. The summed E-state index contributed by atoms with van der Waals surface area (Å²) in [6, 6.07) is 75.9. The Morgan fingerprint density at radius 3 is 1.47 bits per heavy atom. The van der Waals surface area contributed by atoms with Crippen LogP contribution in [0.5, 0.6) is 11.5 Å². The van der Waals surface area contributed by atoms with Crippen LogP contribution in [0, 0.1) is 0 Å². The van der Waals surface area contributed by atoms with E-state index in [0.29, 0.717) is 17.5 Å². The van der Waals surface area contributed by atoms with Crippen LogP contribution in [0.15, 0.2) is 218 Å². The summed E-state index contributed by atoms with van der Waals surface area (Å²) < 4.78 is 6.57. The molecule has 1 spiro atoms. The standard InChI is InChI=1S/C57H36N4O/c1-4-18-37(19-5-1)50-35-33-43(53(58-50)38-20-6-2-7-21-38)41-24-10-11-26-44(41)56-60-54(39-22-8-3-9-23-39)59-55(61-56)40-32-34-47-45(36-40)42-25-12-13-27-46(42)57(47)48-28-14-16-30-51(48)62-52-31-17-15-29-49(52)57/h1-36H. The molecule has 8 aromatic carbocycles. The lowest BCUT2D eigenvalue weighted by molar-refractivity contribution is 0.436. The van der Waals surface area contributed by atoms with Gasteiger partial charge in [0.05, 0.1) is 16.8 Å². The monoisotopic (exact) mass is 792 g/mol. The van der Waals surface area contributed by atoms with Crippen LogP contribution in [0.4, 0.5) is 0 Å². The average molecular weight is 793 g/mol. The van der Waals surface area contributed by atoms with Crippen molar-refractivity contribution in [2.24, 2.45) is 0 Å². The van der Waals surface area contributed by atoms with Crippen LogP contribution in [0.2, 0.25) is 0 Å². The molecule has 0 amide bonds. The first kappa shape index (κ1) is 35.6. The minimum Gasteiger partial charge on any atom is -0.457 e. The highest BCUT2D eigenvalue weighted by atomic mass is 16.5. The van der Waals surface area contributed by atoms with Crippen LogP contribution in [0.3, 0.4) is 0 Å². The number of para-hydroxylation sites is 2. The summed E-state index contributed by atoms with van der Waals surface area (Å²) in [7, 11) is 0. The Kier molecular flexibility index (Phi) is 8.32. The molecule has 1 aliphatic carbocycles. The SMILES string of the molecule is c1ccc(-c2ccc(-c3ccccc3-c3nc(-c4ccccc4)nc(-c4ccc5c(c4)-c4ccccc4C54c5ccccc5Oc5ccccc54)n3)c(-c3ccccc3)n2)cc1. The Morgan fingerprint density at radius 1 is 0.290 bits per heavy atom. The molecule has 0 saturated carbocycles. The third-order valence-corrected chi connectivity index (χ3v) is 12.2. The predicted octanol–water partition coefficient (Wildman–Crippen LogP) is 13.7. The van der Waals surface area contributed by atoms with E-state index < -0.39 is 5.41 Å². The van der Waals surface area contributed by atoms with Crippen molar-refractivity contribution in [3.05, 3.63) is 241 Å². The summed E-state index contributed by atoms with van der Waals surface area (Å²) in [6.07, 6.45) is 0. The highest BCUT2D eigenvalue weighted by Gasteiger charge is 2.51. The number of fused-ring (bicyclic) bond motifs is 9. The maximum absolute atomic E-state index is 6.57. The van der Waals surface area contributed by atoms with E-state index in [1.807, 2.05) is 60.7 Å². The van der Waals surface area contributed by atoms with Gasteiger partial charge in [-0.25, -0.2) is 19.9 Å². The quantitative estimate of drug-likeness (QED) is 0.168. The Bertz CT molecular complexity index is 3280. The molecule has 2 aromatic heterocycles. The number of aromatic nitrogens is 4. The molecule has 5 nitrogen and oxygen atoms in total. The lowest BCUT2D eigenvalue weighted by Crippen LogP contribution is -2.32. The van der Waals surface area contributed by atoms with Crippen LogP contribution >= 0.6 is 0 Å². The van der Waals surface area contributed by atoms with Gasteiger partial charge in [-0.05, 0) is 58.1 Å². The van der Waals surface area contributed by atoms with Gasteiger partial charge in [-0.15, -0.1) is 0 Å². The minimum absolute atomic E-state index is 0.561. The van der Waals surface area contributed by atoms with E-state index in [4.69, 9.17) is 24.7 Å². The van der Waals surface area contributed by atoms with Gasteiger partial charge in [0.25, 0.3) is 0 Å². The van der Waals surface area contributed by atoms with Gasteiger partial charge in [-0.2, -0.15) is 0 Å². The summed E-state index contributed by atoms with van der Waals surface area (Å²) in [5.41, 5.74) is 15.0. The van der Waals surface area contributed by atoms with Gasteiger partial charge in [0, 0.05) is 44.5 Å². The predicted molar refractivity (Wildman–Crippen MR) is 248 cm³/mol. The summed E-state index contributed by atoms with van der Waals surface area (Å²) in [5.74, 6) is 3.52. The van der Waals surface area contributed by atoms with E-state index in [0.717, 1.165) is 78.5 Å². The molecule has 0 bridgehead atoms. The zero-order valence-corrected chi connectivity index (χ0v) is 33.5. The normalized spacial score (nSPS) is 12.8. The molecular formula is C57H36N4O. The van der Waals surface area contributed by atoms with Crippen LogP contribution in [-0.4, -0.2) is 19.9 Å². The molecule has 290 valence electrons. The van der Waals surface area contributed by atoms with E-state index >= 15 is 0 Å². The molecule has 12 rings (SSSR count). The fourth-order valence-electron chi connectivity index (χ4n) is 9.52. The number of hydrogen-bond donors (Lipinski definition) is 0. The van der Waals surface area contributed by atoms with Crippen LogP contribution in [0.1, 0.15) is 22.3 Å². The van der Waals surface area contributed by atoms with Gasteiger partial charge in [-0.3, -0.25) is 0 Å². The average Bonchev–Trinajstić information content (AvgIpc) is 3.64. The van der Waals surface area contributed by atoms with Crippen LogP contribution in [-0.2, 0) is 5.41 Å². The maximum atomic E-state index is 6.57. The van der Waals surface area contributed by atoms with Crippen molar-refractivity contribution in [1.82, 2.24) is 19.9 Å². The second kappa shape index (κ2) is 14.5. The first-order valence-electron chi connectivity index (χ1n) is 20.9. The fraction of sp³-hybridized carbons (Fsp3) is 0.0175. The van der Waals surface area contributed by atoms with Crippen molar-refractivity contribution in [2.45, 2.75) is 5.41 Å². The second-order valence-corrected chi connectivity index (χ2v) is 15.7. The third-order valence-electron chi connectivity index (χ3n) is 12.2. The van der Waals surface area contributed by atoms with E-state index in [1.165, 1.54) is 16.7 Å². The molecule has 0 N–H and O–H groups in total. The Hall–Kier alpha value is -8.28. The molecule has 10 aromatic rings. The molecule has 2 aliphatic rings. The molecule has 1 aliphatic heterocycles. The molecule has 3 heterocycles. The van der Waals surface area contributed by atoms with Gasteiger partial charge in [-0.1, -0.05) is 188 Å². The van der Waals surface area contributed by atoms with Crippen molar-refractivity contribution >= 4 is 0 Å². The lowest BCUT2D eigenvalue weighted by Gasteiger charge is -2.39. The second-order valence-electron chi connectivity index (χ2n) is 15.7. The van der Waals surface area contributed by atoms with Gasteiger partial charge in [0.2, 0.25) is 0 Å². The van der Waals surface area contributed by atoms with Gasteiger partial charge >= 0.3 is 0 Å². The Balaban J connectivity index is 1.06. The number of benzene rings is 8. The number of hydrogen-bond acceptors (Lipinski definition) is 5. The molecule has 0 saturated heterocycles. The molecule has 0 fully saturated rings. The highest BCUT2D eigenvalue weighted by molar-refractivity contribution is 5.92. The van der Waals surface area contributed by atoms with Crippen molar-refractivity contribution in [1.29, 1.82) is 0 Å². The van der Waals surface area contributed by atoms with Gasteiger partial charge in [0.15, 0.2) is 17.5 Å². The zero-order valence-electron chi connectivity index (χ0n) is 33.5. The number of pyridine rings is 1. The van der Waals surface area contributed by atoms with Gasteiger partial charge < -0.3 is 4.74 Å². The summed E-state index contributed by atoms with van der Waals surface area (Å²) >= 11 is 0. The van der Waals surface area contributed by atoms with Crippen LogP contribution < -0.4 is 4.74 Å². The molecule has 0 unspecified atom stereocenters. The van der Waals surface area contributed by atoms with Gasteiger partial charge in [0.1, 0.15) is 11.5 Å². The molecular weight excluding hydrogens is 757 g/mol. The van der Waals surface area contributed by atoms with E-state index in [2.05, 4.69) is 158 Å². The summed E-state index contributed by atoms with van der Waals surface area (Å²) in [5, 5.41) is 0. The number of ether oxygens (including phenoxy) is 1. The number of rotatable bonds is 6.